The fraction of sp³-hybridized carbons (Fsp3) is 0.304. The van der Waals surface area contributed by atoms with Crippen molar-refractivity contribution in [1.82, 2.24) is 15.2 Å². The van der Waals surface area contributed by atoms with E-state index < -0.39 is 0 Å². The molecule has 0 atom stereocenters. The lowest BCUT2D eigenvalue weighted by molar-refractivity contribution is -0.121. The molecule has 1 aromatic heterocycles. The summed E-state index contributed by atoms with van der Waals surface area (Å²) >= 11 is 1.59. The molecule has 0 saturated carbocycles. The zero-order valence-corrected chi connectivity index (χ0v) is 17.8. The van der Waals surface area contributed by atoms with Gasteiger partial charge in [-0.25, -0.2) is 4.98 Å². The molecule has 0 radical (unpaired) electrons. The molecule has 0 saturated heterocycles. The Balaban J connectivity index is 1.34. The Morgan fingerprint density at radius 1 is 1.10 bits per heavy atom. The van der Waals surface area contributed by atoms with Gasteiger partial charge in [0.15, 0.2) is 0 Å². The lowest BCUT2D eigenvalue weighted by Crippen LogP contribution is -2.41. The first-order chi connectivity index (χ1) is 14.5. The number of thiazole rings is 1. The van der Waals surface area contributed by atoms with Gasteiger partial charge in [-0.2, -0.15) is 0 Å². The van der Waals surface area contributed by atoms with Crippen LogP contribution in [0.1, 0.15) is 64.0 Å². The SMILES string of the molecule is CC(C)c1nc(CNC(=O)CCCN2C(=O)c3cccc4cccc(c34)C2=O)cs1. The van der Waals surface area contributed by atoms with Crippen molar-refractivity contribution in [3.63, 3.8) is 0 Å². The summed E-state index contributed by atoms with van der Waals surface area (Å²) < 4.78 is 0. The summed E-state index contributed by atoms with van der Waals surface area (Å²) in [5, 5.41) is 7.47. The molecule has 7 heteroatoms. The highest BCUT2D eigenvalue weighted by atomic mass is 32.1. The number of amides is 3. The second kappa shape index (κ2) is 8.36. The number of rotatable bonds is 7. The number of hydrogen-bond donors (Lipinski definition) is 1. The standard InChI is InChI=1S/C23H23N3O3S/c1-14(2)21-25-16(13-30-21)12-24-19(27)10-5-11-26-22(28)17-8-3-6-15-7-4-9-18(20(15)17)23(26)29/h3-4,6-9,13-14H,5,10-12H2,1-2H3,(H,24,27). The van der Waals surface area contributed by atoms with Crippen molar-refractivity contribution < 1.29 is 14.4 Å². The van der Waals surface area contributed by atoms with Crippen LogP contribution < -0.4 is 5.32 Å². The third-order valence-electron chi connectivity index (χ3n) is 5.17. The molecule has 4 rings (SSSR count). The van der Waals surface area contributed by atoms with Crippen LogP contribution in [0, 0.1) is 0 Å². The second-order valence-corrected chi connectivity index (χ2v) is 8.57. The van der Waals surface area contributed by atoms with E-state index in [0.717, 1.165) is 16.1 Å². The molecule has 0 spiro atoms. The molecule has 154 valence electrons. The van der Waals surface area contributed by atoms with Crippen molar-refractivity contribution in [2.24, 2.45) is 0 Å². The minimum atomic E-state index is -0.298. The largest absolute Gasteiger partial charge is 0.350 e. The van der Waals surface area contributed by atoms with E-state index in [2.05, 4.69) is 24.1 Å². The zero-order valence-electron chi connectivity index (χ0n) is 17.0. The van der Waals surface area contributed by atoms with Gasteiger partial charge in [0, 0.05) is 40.8 Å². The first-order valence-electron chi connectivity index (χ1n) is 10.0. The molecule has 3 aromatic rings. The van der Waals surface area contributed by atoms with Gasteiger partial charge in [-0.15, -0.1) is 11.3 Å². The highest BCUT2D eigenvalue weighted by Crippen LogP contribution is 2.30. The number of imide groups is 1. The molecule has 0 aliphatic carbocycles. The van der Waals surface area contributed by atoms with Crippen molar-refractivity contribution in [2.75, 3.05) is 6.54 Å². The summed E-state index contributed by atoms with van der Waals surface area (Å²) in [6, 6.07) is 10.9. The minimum Gasteiger partial charge on any atom is -0.350 e. The van der Waals surface area contributed by atoms with Crippen molar-refractivity contribution in [3.8, 4) is 0 Å². The molecule has 1 aliphatic heterocycles. The van der Waals surface area contributed by atoms with Gasteiger partial charge < -0.3 is 5.32 Å². The van der Waals surface area contributed by atoms with Crippen LogP contribution in [-0.4, -0.2) is 34.2 Å². The Bertz CT molecular complexity index is 1080. The first-order valence-corrected chi connectivity index (χ1v) is 10.9. The molecule has 0 unspecified atom stereocenters. The molecule has 1 N–H and O–H groups in total. The molecule has 0 fully saturated rings. The van der Waals surface area contributed by atoms with Gasteiger partial charge in [0.1, 0.15) is 0 Å². The second-order valence-electron chi connectivity index (χ2n) is 7.68. The number of nitrogens with one attached hydrogen (secondary N) is 1. The highest BCUT2D eigenvalue weighted by Gasteiger charge is 2.32. The van der Waals surface area contributed by atoms with Crippen LogP contribution in [0.25, 0.3) is 10.8 Å². The van der Waals surface area contributed by atoms with E-state index in [1.165, 1.54) is 4.90 Å². The van der Waals surface area contributed by atoms with Crippen molar-refractivity contribution in [2.45, 2.75) is 39.2 Å². The Kier molecular flexibility index (Phi) is 5.63. The van der Waals surface area contributed by atoms with E-state index in [4.69, 9.17) is 0 Å². The molecule has 30 heavy (non-hydrogen) atoms. The number of carbonyl (C=O) groups is 3. The third-order valence-corrected chi connectivity index (χ3v) is 6.37. The Morgan fingerprint density at radius 3 is 2.37 bits per heavy atom. The summed E-state index contributed by atoms with van der Waals surface area (Å²) in [5.74, 6) is -0.342. The van der Waals surface area contributed by atoms with Crippen molar-refractivity contribution in [1.29, 1.82) is 0 Å². The number of hydrogen-bond acceptors (Lipinski definition) is 5. The van der Waals surface area contributed by atoms with Gasteiger partial charge in [-0.1, -0.05) is 38.1 Å². The fourth-order valence-electron chi connectivity index (χ4n) is 3.63. The van der Waals surface area contributed by atoms with Crippen LogP contribution in [0.4, 0.5) is 0 Å². The highest BCUT2D eigenvalue weighted by molar-refractivity contribution is 7.09. The summed E-state index contributed by atoms with van der Waals surface area (Å²) in [6.45, 7) is 4.77. The van der Waals surface area contributed by atoms with Gasteiger partial charge in [0.25, 0.3) is 11.8 Å². The molecule has 6 nitrogen and oxygen atoms in total. The van der Waals surface area contributed by atoms with Crippen LogP contribution in [0.2, 0.25) is 0 Å². The Labute approximate surface area is 178 Å². The molecule has 2 aromatic carbocycles. The predicted molar refractivity (Wildman–Crippen MR) is 117 cm³/mol. The average molecular weight is 422 g/mol. The lowest BCUT2D eigenvalue weighted by atomic mass is 9.94. The smallest absolute Gasteiger partial charge is 0.261 e. The van der Waals surface area contributed by atoms with Gasteiger partial charge in [0.2, 0.25) is 5.91 Å². The van der Waals surface area contributed by atoms with Gasteiger partial charge in [-0.05, 0) is 23.9 Å². The number of nitrogens with zero attached hydrogens (tertiary/aromatic N) is 2. The molecule has 1 aliphatic rings. The average Bonchev–Trinajstić information content (AvgIpc) is 3.22. The molecule has 3 amide bonds. The van der Waals surface area contributed by atoms with E-state index in [9.17, 15) is 14.4 Å². The number of aromatic nitrogens is 1. The quantitative estimate of drug-likeness (QED) is 0.582. The zero-order chi connectivity index (χ0) is 21.3. The predicted octanol–water partition coefficient (Wildman–Crippen LogP) is 4.11. The van der Waals surface area contributed by atoms with Crippen LogP contribution in [0.15, 0.2) is 41.8 Å². The van der Waals surface area contributed by atoms with Gasteiger partial charge in [0.05, 0.1) is 17.2 Å². The molecule has 2 heterocycles. The van der Waals surface area contributed by atoms with Crippen molar-refractivity contribution >= 4 is 39.8 Å². The van der Waals surface area contributed by atoms with Crippen LogP contribution in [-0.2, 0) is 11.3 Å². The topological polar surface area (TPSA) is 79.4 Å². The minimum absolute atomic E-state index is 0.117. The molecular weight excluding hydrogens is 398 g/mol. The van der Waals surface area contributed by atoms with E-state index in [1.54, 1.807) is 23.5 Å². The molecule has 0 bridgehead atoms. The Hall–Kier alpha value is -3.06. The maximum Gasteiger partial charge on any atom is 0.261 e. The maximum absolute atomic E-state index is 12.9. The summed E-state index contributed by atoms with van der Waals surface area (Å²) in [7, 11) is 0. The van der Waals surface area contributed by atoms with Crippen LogP contribution in [0.3, 0.4) is 0 Å². The number of carbonyl (C=O) groups excluding carboxylic acids is 3. The summed E-state index contributed by atoms with van der Waals surface area (Å²) in [5.41, 5.74) is 1.93. The van der Waals surface area contributed by atoms with E-state index in [1.807, 2.05) is 29.6 Å². The maximum atomic E-state index is 12.9. The lowest BCUT2D eigenvalue weighted by Gasteiger charge is -2.27. The van der Waals surface area contributed by atoms with E-state index in [-0.39, 0.29) is 30.7 Å². The summed E-state index contributed by atoms with van der Waals surface area (Å²) in [6.07, 6.45) is 0.653. The van der Waals surface area contributed by atoms with Crippen LogP contribution >= 0.6 is 11.3 Å². The fourth-order valence-corrected chi connectivity index (χ4v) is 4.46. The van der Waals surface area contributed by atoms with Gasteiger partial charge >= 0.3 is 0 Å². The van der Waals surface area contributed by atoms with Crippen LogP contribution in [0.5, 0.6) is 0 Å². The monoisotopic (exact) mass is 421 g/mol. The van der Waals surface area contributed by atoms with Gasteiger partial charge in [-0.3, -0.25) is 19.3 Å². The third kappa shape index (κ3) is 3.85. The van der Waals surface area contributed by atoms with E-state index >= 15 is 0 Å². The van der Waals surface area contributed by atoms with E-state index in [0.29, 0.717) is 35.4 Å². The van der Waals surface area contributed by atoms with Crippen molar-refractivity contribution in [3.05, 3.63) is 63.6 Å². The Morgan fingerprint density at radius 2 is 1.77 bits per heavy atom. The summed E-state index contributed by atoms with van der Waals surface area (Å²) in [4.78, 5) is 43.7. The number of benzene rings is 2. The first kappa shape index (κ1) is 20.2. The molecular formula is C23H23N3O3S. The normalized spacial score (nSPS) is 13.4.